The second-order valence-electron chi connectivity index (χ2n) is 10.3. The predicted molar refractivity (Wildman–Crippen MR) is 156 cm³/mol. The molecule has 2 fully saturated rings. The summed E-state index contributed by atoms with van der Waals surface area (Å²) in [5.74, 6) is 0.0827. The van der Waals surface area contributed by atoms with Gasteiger partial charge in [0.25, 0.3) is 6.47 Å². The first-order chi connectivity index (χ1) is 19.8. The number of amides is 1. The summed E-state index contributed by atoms with van der Waals surface area (Å²) in [4.78, 5) is 30.3. The SMILES string of the molecule is CCOC1(c2cccnc2)C=CC(C2(NC(=O)C3CN(C)C3)CCN(c3ccc(Cl)cc3C#N)CC2)=CN1.O=CO. The van der Waals surface area contributed by atoms with Crippen molar-refractivity contribution in [2.45, 2.75) is 31.0 Å². The monoisotopic (exact) mass is 578 g/mol. The summed E-state index contributed by atoms with van der Waals surface area (Å²) in [7, 11) is 2.03. The Kier molecular flexibility index (Phi) is 9.65. The summed E-state index contributed by atoms with van der Waals surface area (Å²) < 4.78 is 6.17. The Morgan fingerprint density at radius 2 is 2.07 bits per heavy atom. The van der Waals surface area contributed by atoms with Gasteiger partial charge >= 0.3 is 0 Å². The van der Waals surface area contributed by atoms with Crippen LogP contribution in [0.5, 0.6) is 0 Å². The molecule has 0 bridgehead atoms. The van der Waals surface area contributed by atoms with Crippen molar-refractivity contribution in [1.82, 2.24) is 20.5 Å². The molecule has 5 rings (SSSR count). The van der Waals surface area contributed by atoms with E-state index in [1.165, 1.54) is 0 Å². The standard InChI is InChI=1S/C29H33ClN6O2.CH2O2/c1-3-38-29(24-5-4-12-32-17-24)9-8-23(18-33-29)28(34-27(37)22-19-35(2)20-22)10-13-36(14-11-28)26-7-6-25(30)15-21(26)16-31;2-1-3/h4-9,12,15,17-18,22,33H,3,10-11,13-14,19-20H2,1-2H3,(H,34,37);1H,(H,2,3). The number of nitrogens with one attached hydrogen (secondary N) is 2. The van der Waals surface area contributed by atoms with Crippen LogP contribution in [0.25, 0.3) is 0 Å². The van der Waals surface area contributed by atoms with Crippen LogP contribution in [0.3, 0.4) is 0 Å². The first-order valence-electron chi connectivity index (χ1n) is 13.5. The average molecular weight is 579 g/mol. The van der Waals surface area contributed by atoms with Gasteiger partial charge in [-0.2, -0.15) is 5.26 Å². The topological polar surface area (TPSA) is 131 Å². The lowest BCUT2D eigenvalue weighted by molar-refractivity contribution is -0.131. The number of halogens is 1. The fraction of sp³-hybridized carbons (Fsp3) is 0.400. The van der Waals surface area contributed by atoms with Gasteiger partial charge in [0.1, 0.15) is 6.07 Å². The number of nitrogens with zero attached hydrogens (tertiary/aromatic N) is 4. The van der Waals surface area contributed by atoms with Gasteiger partial charge in [-0.15, -0.1) is 0 Å². The Labute approximate surface area is 245 Å². The maximum absolute atomic E-state index is 13.3. The van der Waals surface area contributed by atoms with E-state index in [0.29, 0.717) is 43.1 Å². The molecule has 41 heavy (non-hydrogen) atoms. The van der Waals surface area contributed by atoms with E-state index in [2.05, 4.69) is 37.6 Å². The van der Waals surface area contributed by atoms with Crippen LogP contribution in [0.1, 0.15) is 30.9 Å². The molecule has 216 valence electrons. The summed E-state index contributed by atoms with van der Waals surface area (Å²) in [6, 6.07) is 11.6. The first kappa shape index (κ1) is 30.1. The smallest absolute Gasteiger partial charge is 0.290 e. The minimum atomic E-state index is -0.819. The number of rotatable bonds is 7. The minimum absolute atomic E-state index is 0.00426. The number of anilines is 1. The third kappa shape index (κ3) is 6.54. The lowest BCUT2D eigenvalue weighted by atomic mass is 9.78. The second kappa shape index (κ2) is 13.2. The van der Waals surface area contributed by atoms with E-state index in [1.807, 2.05) is 50.5 Å². The van der Waals surface area contributed by atoms with E-state index < -0.39 is 11.3 Å². The van der Waals surface area contributed by atoms with Crippen LogP contribution in [0.2, 0.25) is 5.02 Å². The van der Waals surface area contributed by atoms with Crippen molar-refractivity contribution in [2.24, 2.45) is 5.92 Å². The number of likely N-dealkylation sites (tertiary alicyclic amines) is 1. The number of carbonyl (C=O) groups is 2. The Hall–Kier alpha value is -3.91. The molecule has 3 N–H and O–H groups in total. The predicted octanol–water partition coefficient (Wildman–Crippen LogP) is 3.26. The highest BCUT2D eigenvalue weighted by molar-refractivity contribution is 6.30. The number of ether oxygens (including phenoxy) is 1. The van der Waals surface area contributed by atoms with Crippen LogP contribution in [0, 0.1) is 17.2 Å². The first-order valence-corrected chi connectivity index (χ1v) is 13.9. The lowest BCUT2D eigenvalue weighted by Gasteiger charge is -2.47. The van der Waals surface area contributed by atoms with E-state index >= 15 is 0 Å². The van der Waals surface area contributed by atoms with Crippen molar-refractivity contribution >= 4 is 29.7 Å². The van der Waals surface area contributed by atoms with Gasteiger partial charge in [0, 0.05) is 62.0 Å². The van der Waals surface area contributed by atoms with Crippen LogP contribution in [-0.2, 0) is 20.1 Å². The van der Waals surface area contributed by atoms with Gasteiger partial charge in [-0.05, 0) is 62.7 Å². The van der Waals surface area contributed by atoms with Crippen molar-refractivity contribution in [3.8, 4) is 6.07 Å². The van der Waals surface area contributed by atoms with Gasteiger partial charge in [0.15, 0.2) is 5.72 Å². The normalized spacial score (nSPS) is 21.7. The van der Waals surface area contributed by atoms with Crippen molar-refractivity contribution in [2.75, 3.05) is 44.7 Å². The number of pyridine rings is 1. The highest BCUT2D eigenvalue weighted by Gasteiger charge is 2.43. The van der Waals surface area contributed by atoms with Crippen LogP contribution in [-0.4, -0.2) is 72.7 Å². The maximum Gasteiger partial charge on any atom is 0.290 e. The number of aromatic nitrogens is 1. The van der Waals surface area contributed by atoms with Gasteiger partial charge in [0.05, 0.1) is 22.7 Å². The second-order valence-corrected chi connectivity index (χ2v) is 10.8. The zero-order chi connectivity index (χ0) is 29.5. The summed E-state index contributed by atoms with van der Waals surface area (Å²) >= 11 is 6.13. The molecule has 2 saturated heterocycles. The lowest BCUT2D eigenvalue weighted by Crippen LogP contribution is -2.61. The number of carbonyl (C=O) groups excluding carboxylic acids is 1. The van der Waals surface area contributed by atoms with E-state index in [1.54, 1.807) is 18.5 Å². The molecule has 11 heteroatoms. The third-order valence-corrected chi connectivity index (χ3v) is 8.02. The van der Waals surface area contributed by atoms with Gasteiger partial charge in [-0.25, -0.2) is 0 Å². The average Bonchev–Trinajstić information content (AvgIpc) is 2.97. The van der Waals surface area contributed by atoms with Gasteiger partial charge in [0.2, 0.25) is 5.91 Å². The molecule has 2 aromatic rings. The molecule has 10 nitrogen and oxygen atoms in total. The molecule has 0 spiro atoms. The molecule has 1 aromatic heterocycles. The van der Waals surface area contributed by atoms with Crippen LogP contribution < -0.4 is 15.5 Å². The fourth-order valence-corrected chi connectivity index (χ4v) is 5.81. The quantitative estimate of drug-likeness (QED) is 0.424. The number of hydrogen-bond donors (Lipinski definition) is 3. The van der Waals surface area contributed by atoms with Gasteiger partial charge in [-0.1, -0.05) is 23.7 Å². The molecular formula is C30H35ClN6O4. The molecule has 1 aromatic carbocycles. The van der Waals surface area contributed by atoms with E-state index in [4.69, 9.17) is 26.2 Å². The molecular weight excluding hydrogens is 544 g/mol. The largest absolute Gasteiger partial charge is 0.483 e. The van der Waals surface area contributed by atoms with Crippen LogP contribution >= 0.6 is 11.6 Å². The van der Waals surface area contributed by atoms with Crippen LogP contribution in [0.4, 0.5) is 5.69 Å². The molecule has 4 heterocycles. The number of hydrogen-bond acceptors (Lipinski definition) is 8. The molecule has 0 saturated carbocycles. The molecule has 1 amide bonds. The molecule has 0 aliphatic carbocycles. The van der Waals surface area contributed by atoms with Crippen LogP contribution in [0.15, 0.2) is 66.7 Å². The summed E-state index contributed by atoms with van der Waals surface area (Å²) in [6.07, 6.45) is 11.0. The van der Waals surface area contributed by atoms with E-state index in [-0.39, 0.29) is 18.3 Å². The Morgan fingerprint density at radius 1 is 1.34 bits per heavy atom. The highest BCUT2D eigenvalue weighted by atomic mass is 35.5. The molecule has 3 aliphatic rings. The highest BCUT2D eigenvalue weighted by Crippen LogP contribution is 2.38. The van der Waals surface area contributed by atoms with Crippen molar-refractivity contribution in [3.63, 3.8) is 0 Å². The molecule has 3 aliphatic heterocycles. The number of nitriles is 1. The minimum Gasteiger partial charge on any atom is -0.483 e. The summed E-state index contributed by atoms with van der Waals surface area (Å²) in [5, 5.41) is 24.0. The molecule has 1 atom stereocenters. The number of carboxylic acid groups (broad SMARTS) is 1. The molecule has 1 unspecified atom stereocenters. The van der Waals surface area contributed by atoms with Crippen molar-refractivity contribution < 1.29 is 19.4 Å². The van der Waals surface area contributed by atoms with Gasteiger partial charge in [-0.3, -0.25) is 14.6 Å². The van der Waals surface area contributed by atoms with Crippen molar-refractivity contribution in [3.05, 3.63) is 82.8 Å². The number of piperidine rings is 1. The van der Waals surface area contributed by atoms with Crippen molar-refractivity contribution in [1.29, 1.82) is 5.26 Å². The molecule has 0 radical (unpaired) electrons. The summed E-state index contributed by atoms with van der Waals surface area (Å²) in [6.45, 7) is 5.14. The Balaban J connectivity index is 0.00000124. The Bertz CT molecular complexity index is 1330. The zero-order valence-electron chi connectivity index (χ0n) is 23.2. The third-order valence-electron chi connectivity index (χ3n) is 7.79. The maximum atomic E-state index is 13.3. The number of dihydropyridines is 1. The number of benzene rings is 1. The summed E-state index contributed by atoms with van der Waals surface area (Å²) in [5.41, 5.74) is 1.98. The fourth-order valence-electron chi connectivity index (χ4n) is 5.64. The van der Waals surface area contributed by atoms with Gasteiger partial charge < -0.3 is 30.3 Å². The zero-order valence-corrected chi connectivity index (χ0v) is 24.0. The van der Waals surface area contributed by atoms with E-state index in [9.17, 15) is 10.1 Å². The Morgan fingerprint density at radius 3 is 2.63 bits per heavy atom. The van der Waals surface area contributed by atoms with E-state index in [0.717, 1.165) is 29.9 Å².